The third-order valence-electron chi connectivity index (χ3n) is 4.34. The lowest BCUT2D eigenvalue weighted by Crippen LogP contribution is -2.45. The number of ether oxygens (including phenoxy) is 1. The SMILES string of the molecule is Cc1nc(-c2ccc(CCNC(=O)CN3C(=O)COc4ccccc43)s2)cs1. The Morgan fingerprint density at radius 2 is 2.14 bits per heavy atom. The number of aromatic nitrogens is 1. The fourth-order valence-electron chi connectivity index (χ4n) is 2.98. The van der Waals surface area contributed by atoms with Crippen LogP contribution in [-0.2, 0) is 16.0 Å². The van der Waals surface area contributed by atoms with Gasteiger partial charge in [-0.1, -0.05) is 12.1 Å². The van der Waals surface area contributed by atoms with Gasteiger partial charge in [0, 0.05) is 16.8 Å². The van der Waals surface area contributed by atoms with Crippen LogP contribution in [0.3, 0.4) is 0 Å². The molecule has 0 aliphatic carbocycles. The molecule has 0 radical (unpaired) electrons. The summed E-state index contributed by atoms with van der Waals surface area (Å²) in [5.74, 6) is 0.227. The van der Waals surface area contributed by atoms with Crippen molar-refractivity contribution in [1.29, 1.82) is 0 Å². The number of nitrogens with zero attached hydrogens (tertiary/aromatic N) is 2. The van der Waals surface area contributed by atoms with Crippen LogP contribution < -0.4 is 15.0 Å². The number of rotatable bonds is 6. The number of thiazole rings is 1. The molecule has 0 unspecified atom stereocenters. The van der Waals surface area contributed by atoms with E-state index in [1.807, 2.05) is 19.1 Å². The highest BCUT2D eigenvalue weighted by Gasteiger charge is 2.26. The first-order chi connectivity index (χ1) is 13.6. The van der Waals surface area contributed by atoms with Crippen LogP contribution in [-0.4, -0.2) is 36.5 Å². The summed E-state index contributed by atoms with van der Waals surface area (Å²) in [4.78, 5) is 32.8. The molecule has 3 aromatic rings. The first-order valence-electron chi connectivity index (χ1n) is 8.90. The lowest BCUT2D eigenvalue weighted by Gasteiger charge is -2.28. The zero-order chi connectivity index (χ0) is 19.5. The Morgan fingerprint density at radius 1 is 1.29 bits per heavy atom. The van der Waals surface area contributed by atoms with Gasteiger partial charge in [0.25, 0.3) is 5.91 Å². The highest BCUT2D eigenvalue weighted by Crippen LogP contribution is 2.31. The summed E-state index contributed by atoms with van der Waals surface area (Å²) in [6, 6.07) is 11.4. The van der Waals surface area contributed by atoms with Crippen molar-refractivity contribution >= 4 is 40.2 Å². The summed E-state index contributed by atoms with van der Waals surface area (Å²) in [5, 5.41) is 6.01. The molecule has 8 heteroatoms. The van der Waals surface area contributed by atoms with Crippen LogP contribution in [0.4, 0.5) is 5.69 Å². The van der Waals surface area contributed by atoms with Crippen molar-refractivity contribution < 1.29 is 14.3 Å². The standard InChI is InChI=1S/C20H19N3O3S2/c1-13-22-15(12-27-13)18-7-6-14(28-18)8-9-21-19(24)10-23-16-4-2-3-5-17(16)26-11-20(23)25/h2-7,12H,8-11H2,1H3,(H,21,24). The van der Waals surface area contributed by atoms with E-state index in [1.54, 1.807) is 34.8 Å². The van der Waals surface area contributed by atoms with E-state index in [0.29, 0.717) is 18.0 Å². The number of carbonyl (C=O) groups is 2. The lowest BCUT2D eigenvalue weighted by atomic mass is 10.2. The second-order valence-corrected chi connectivity index (χ2v) is 8.58. The molecule has 1 aromatic carbocycles. The van der Waals surface area contributed by atoms with E-state index in [0.717, 1.165) is 22.0 Å². The molecule has 0 spiro atoms. The maximum atomic E-state index is 12.3. The predicted molar refractivity (Wildman–Crippen MR) is 111 cm³/mol. The zero-order valence-corrected chi connectivity index (χ0v) is 16.9. The molecule has 0 saturated carbocycles. The van der Waals surface area contributed by atoms with Crippen LogP contribution in [0.25, 0.3) is 10.6 Å². The number of nitrogens with one attached hydrogen (secondary N) is 1. The van der Waals surface area contributed by atoms with Gasteiger partial charge in [-0.3, -0.25) is 14.5 Å². The Hall–Kier alpha value is -2.71. The van der Waals surface area contributed by atoms with Crippen molar-refractivity contribution in [3.05, 3.63) is 51.7 Å². The number of anilines is 1. The number of benzene rings is 1. The van der Waals surface area contributed by atoms with Crippen LogP contribution >= 0.6 is 22.7 Å². The number of thiophene rings is 1. The van der Waals surface area contributed by atoms with Crippen LogP contribution in [0.15, 0.2) is 41.8 Å². The van der Waals surface area contributed by atoms with Gasteiger partial charge < -0.3 is 10.1 Å². The van der Waals surface area contributed by atoms with Gasteiger partial charge in [-0.25, -0.2) is 4.98 Å². The van der Waals surface area contributed by atoms with Crippen LogP contribution in [0.2, 0.25) is 0 Å². The van der Waals surface area contributed by atoms with Crippen molar-refractivity contribution in [3.8, 4) is 16.3 Å². The largest absolute Gasteiger partial charge is 0.482 e. The first-order valence-corrected chi connectivity index (χ1v) is 10.6. The molecular weight excluding hydrogens is 394 g/mol. The molecule has 4 rings (SSSR count). The van der Waals surface area contributed by atoms with Crippen molar-refractivity contribution in [3.63, 3.8) is 0 Å². The number of hydrogen-bond donors (Lipinski definition) is 1. The molecule has 0 fully saturated rings. The normalized spacial score (nSPS) is 13.2. The van der Waals surface area contributed by atoms with Gasteiger partial charge in [-0.15, -0.1) is 22.7 Å². The molecule has 1 aliphatic rings. The van der Waals surface area contributed by atoms with E-state index in [9.17, 15) is 9.59 Å². The van der Waals surface area contributed by atoms with Gasteiger partial charge in [-0.2, -0.15) is 0 Å². The lowest BCUT2D eigenvalue weighted by molar-refractivity contribution is -0.125. The third kappa shape index (κ3) is 4.07. The number of fused-ring (bicyclic) bond motifs is 1. The quantitative estimate of drug-likeness (QED) is 0.673. The van der Waals surface area contributed by atoms with E-state index < -0.39 is 0 Å². The van der Waals surface area contributed by atoms with E-state index >= 15 is 0 Å². The van der Waals surface area contributed by atoms with Gasteiger partial charge in [0.2, 0.25) is 5.91 Å². The molecule has 28 heavy (non-hydrogen) atoms. The summed E-state index contributed by atoms with van der Waals surface area (Å²) >= 11 is 3.33. The molecule has 0 atom stereocenters. The van der Waals surface area contributed by atoms with Crippen molar-refractivity contribution in [2.24, 2.45) is 0 Å². The molecule has 6 nitrogen and oxygen atoms in total. The van der Waals surface area contributed by atoms with Crippen LogP contribution in [0, 0.1) is 6.92 Å². The Balaban J connectivity index is 1.31. The van der Waals surface area contributed by atoms with E-state index in [1.165, 1.54) is 9.78 Å². The Kier molecular flexibility index (Phi) is 5.40. The van der Waals surface area contributed by atoms with E-state index in [4.69, 9.17) is 4.74 Å². The number of para-hydroxylation sites is 2. The predicted octanol–water partition coefficient (Wildman–Crippen LogP) is 3.26. The molecule has 2 amide bonds. The molecule has 3 heterocycles. The zero-order valence-electron chi connectivity index (χ0n) is 15.3. The van der Waals surface area contributed by atoms with Crippen LogP contribution in [0.1, 0.15) is 9.88 Å². The molecule has 1 N–H and O–H groups in total. The highest BCUT2D eigenvalue weighted by molar-refractivity contribution is 7.16. The number of hydrogen-bond acceptors (Lipinski definition) is 6. The second kappa shape index (κ2) is 8.12. The molecule has 2 aromatic heterocycles. The highest BCUT2D eigenvalue weighted by atomic mass is 32.1. The minimum atomic E-state index is -0.213. The Labute approximate surface area is 170 Å². The summed E-state index contributed by atoms with van der Waals surface area (Å²) in [5.41, 5.74) is 1.64. The molecule has 0 bridgehead atoms. The van der Waals surface area contributed by atoms with Crippen LogP contribution in [0.5, 0.6) is 5.75 Å². The summed E-state index contributed by atoms with van der Waals surface area (Å²) in [7, 11) is 0. The number of carbonyl (C=O) groups excluding carboxylic acids is 2. The van der Waals surface area contributed by atoms with Gasteiger partial charge in [0.05, 0.1) is 21.3 Å². The fraction of sp³-hybridized carbons (Fsp3) is 0.250. The van der Waals surface area contributed by atoms with E-state index in [-0.39, 0.29) is 25.0 Å². The van der Waals surface area contributed by atoms with Crippen molar-refractivity contribution in [1.82, 2.24) is 10.3 Å². The van der Waals surface area contributed by atoms with Gasteiger partial charge in [0.15, 0.2) is 6.61 Å². The average Bonchev–Trinajstić information content (AvgIpc) is 3.33. The molecule has 144 valence electrons. The van der Waals surface area contributed by atoms with Crippen molar-refractivity contribution in [2.75, 3.05) is 24.6 Å². The minimum absolute atomic E-state index is 0.00695. The Morgan fingerprint density at radius 3 is 2.96 bits per heavy atom. The summed E-state index contributed by atoms with van der Waals surface area (Å²) in [6.45, 7) is 2.47. The van der Waals surface area contributed by atoms with Gasteiger partial charge in [0.1, 0.15) is 12.3 Å². The molecular formula is C20H19N3O3S2. The maximum absolute atomic E-state index is 12.3. The summed E-state index contributed by atoms with van der Waals surface area (Å²) in [6.07, 6.45) is 0.743. The maximum Gasteiger partial charge on any atom is 0.265 e. The van der Waals surface area contributed by atoms with Gasteiger partial charge >= 0.3 is 0 Å². The smallest absolute Gasteiger partial charge is 0.265 e. The number of aryl methyl sites for hydroxylation is 1. The summed E-state index contributed by atoms with van der Waals surface area (Å²) < 4.78 is 5.40. The average molecular weight is 414 g/mol. The molecule has 1 aliphatic heterocycles. The van der Waals surface area contributed by atoms with Gasteiger partial charge in [-0.05, 0) is 37.6 Å². The number of amides is 2. The Bertz CT molecular complexity index is 1010. The van der Waals surface area contributed by atoms with Crippen molar-refractivity contribution in [2.45, 2.75) is 13.3 Å². The monoisotopic (exact) mass is 413 g/mol. The topological polar surface area (TPSA) is 71.5 Å². The molecule has 0 saturated heterocycles. The fourth-order valence-corrected chi connectivity index (χ4v) is 4.63. The van der Waals surface area contributed by atoms with E-state index in [2.05, 4.69) is 27.8 Å². The third-order valence-corrected chi connectivity index (χ3v) is 6.28. The second-order valence-electron chi connectivity index (χ2n) is 6.35. The minimum Gasteiger partial charge on any atom is -0.482 e. The first kappa shape index (κ1) is 18.6.